The molecule has 0 amide bonds. The van der Waals surface area contributed by atoms with Crippen molar-refractivity contribution in [2.45, 2.75) is 24.8 Å². The maximum Gasteiger partial charge on any atom is 0.264 e. The highest BCUT2D eigenvalue weighted by Gasteiger charge is 2.32. The number of carbonyl (C=O) groups excluding carboxylic acids is 1. The van der Waals surface area contributed by atoms with E-state index in [1.54, 1.807) is 18.2 Å². The lowest BCUT2D eigenvalue weighted by molar-refractivity contribution is 0.101. The fourth-order valence-corrected chi connectivity index (χ4v) is 4.12. The van der Waals surface area contributed by atoms with Crippen LogP contribution in [0, 0.1) is 0 Å². The zero-order chi connectivity index (χ0) is 16.6. The lowest BCUT2D eigenvalue weighted by Gasteiger charge is -2.34. The number of para-hydroxylation sites is 2. The van der Waals surface area contributed by atoms with E-state index in [0.717, 1.165) is 0 Å². The Bertz CT molecular complexity index is 843. The molecular formula is C17H17NO4S. The summed E-state index contributed by atoms with van der Waals surface area (Å²) in [6, 6.07) is 13.1. The summed E-state index contributed by atoms with van der Waals surface area (Å²) < 4.78 is 33.0. The topological polar surface area (TPSA) is 63.7 Å². The molecule has 0 aliphatic carbocycles. The van der Waals surface area contributed by atoms with E-state index in [1.807, 2.05) is 13.0 Å². The van der Waals surface area contributed by atoms with Crippen molar-refractivity contribution in [2.75, 3.05) is 10.8 Å². The number of Topliss-reactive ketones (excluding diaryl/α,β-unsaturated/α-hetero) is 1. The predicted molar refractivity (Wildman–Crippen MR) is 87.5 cm³/mol. The number of nitrogens with zero attached hydrogens (tertiary/aromatic N) is 1. The molecule has 2 aromatic carbocycles. The van der Waals surface area contributed by atoms with E-state index in [1.165, 1.54) is 35.5 Å². The van der Waals surface area contributed by atoms with Crippen LogP contribution >= 0.6 is 0 Å². The van der Waals surface area contributed by atoms with Crippen molar-refractivity contribution in [1.82, 2.24) is 0 Å². The van der Waals surface area contributed by atoms with Crippen LogP contribution in [-0.2, 0) is 10.0 Å². The first-order valence-electron chi connectivity index (χ1n) is 7.29. The largest absolute Gasteiger partial charge is 0.487 e. The highest BCUT2D eigenvalue weighted by Crippen LogP contribution is 2.36. The van der Waals surface area contributed by atoms with Gasteiger partial charge < -0.3 is 4.74 Å². The minimum Gasteiger partial charge on any atom is -0.487 e. The van der Waals surface area contributed by atoms with Crippen molar-refractivity contribution in [2.24, 2.45) is 0 Å². The molecule has 120 valence electrons. The first kappa shape index (κ1) is 15.6. The lowest BCUT2D eigenvalue weighted by Crippen LogP contribution is -2.42. The molecule has 3 rings (SSSR count). The van der Waals surface area contributed by atoms with E-state index in [0.29, 0.717) is 17.0 Å². The fourth-order valence-electron chi connectivity index (χ4n) is 2.57. The molecule has 1 unspecified atom stereocenters. The summed E-state index contributed by atoms with van der Waals surface area (Å²) in [6.07, 6.45) is -0.240. The van der Waals surface area contributed by atoms with Gasteiger partial charge >= 0.3 is 0 Å². The van der Waals surface area contributed by atoms with E-state index in [-0.39, 0.29) is 23.3 Å². The van der Waals surface area contributed by atoms with Gasteiger partial charge in [-0.2, -0.15) is 0 Å². The van der Waals surface area contributed by atoms with Crippen LogP contribution in [0.1, 0.15) is 24.2 Å². The first-order chi connectivity index (χ1) is 10.9. The highest BCUT2D eigenvalue weighted by atomic mass is 32.2. The third-order valence-electron chi connectivity index (χ3n) is 3.73. The molecule has 1 atom stereocenters. The molecule has 6 heteroatoms. The minimum atomic E-state index is -3.71. The smallest absolute Gasteiger partial charge is 0.264 e. The van der Waals surface area contributed by atoms with E-state index in [2.05, 4.69) is 0 Å². The van der Waals surface area contributed by atoms with Crippen LogP contribution in [-0.4, -0.2) is 26.8 Å². The van der Waals surface area contributed by atoms with Crippen molar-refractivity contribution >= 4 is 21.5 Å². The van der Waals surface area contributed by atoms with Gasteiger partial charge in [0.15, 0.2) is 5.78 Å². The van der Waals surface area contributed by atoms with Gasteiger partial charge in [-0.25, -0.2) is 8.42 Å². The van der Waals surface area contributed by atoms with Gasteiger partial charge in [-0.05, 0) is 38.1 Å². The number of ketones is 1. The minimum absolute atomic E-state index is 0.0979. The van der Waals surface area contributed by atoms with Gasteiger partial charge in [0.25, 0.3) is 10.0 Å². The predicted octanol–water partition coefficient (Wildman–Crippen LogP) is 2.87. The summed E-state index contributed by atoms with van der Waals surface area (Å²) in [5, 5.41) is 0. The van der Waals surface area contributed by atoms with Crippen LogP contribution in [0.2, 0.25) is 0 Å². The Morgan fingerprint density at radius 3 is 2.43 bits per heavy atom. The Morgan fingerprint density at radius 2 is 1.78 bits per heavy atom. The van der Waals surface area contributed by atoms with Gasteiger partial charge in [0.05, 0.1) is 17.1 Å². The Kier molecular flexibility index (Phi) is 3.85. The summed E-state index contributed by atoms with van der Waals surface area (Å²) in [5.41, 5.74) is 1.01. The lowest BCUT2D eigenvalue weighted by atomic mass is 10.2. The van der Waals surface area contributed by atoms with Gasteiger partial charge in [0.1, 0.15) is 11.9 Å². The molecule has 2 aromatic rings. The molecule has 0 saturated heterocycles. The van der Waals surface area contributed by atoms with E-state index in [4.69, 9.17) is 4.74 Å². The third-order valence-corrected chi connectivity index (χ3v) is 5.53. The number of ether oxygens (including phenoxy) is 1. The summed E-state index contributed by atoms with van der Waals surface area (Å²) in [5.74, 6) is 0.453. The Balaban J connectivity index is 2.04. The molecule has 1 heterocycles. The molecule has 1 aliphatic heterocycles. The molecule has 0 spiro atoms. The number of fused-ring (bicyclic) bond motifs is 1. The summed E-state index contributed by atoms with van der Waals surface area (Å²) in [7, 11) is -3.71. The zero-order valence-electron chi connectivity index (χ0n) is 12.9. The number of sulfonamides is 1. The highest BCUT2D eigenvalue weighted by molar-refractivity contribution is 7.92. The molecular weight excluding hydrogens is 314 g/mol. The van der Waals surface area contributed by atoms with Crippen molar-refractivity contribution in [3.05, 3.63) is 54.1 Å². The van der Waals surface area contributed by atoms with Crippen LogP contribution in [0.4, 0.5) is 5.69 Å². The normalized spacial score (nSPS) is 17.3. The first-order valence-corrected chi connectivity index (χ1v) is 8.73. The second-order valence-electron chi connectivity index (χ2n) is 5.51. The van der Waals surface area contributed by atoms with Gasteiger partial charge in [-0.15, -0.1) is 0 Å². The molecule has 0 fully saturated rings. The van der Waals surface area contributed by atoms with Gasteiger partial charge in [0, 0.05) is 5.56 Å². The second-order valence-corrected chi connectivity index (χ2v) is 7.38. The summed E-state index contributed by atoms with van der Waals surface area (Å²) in [4.78, 5) is 11.5. The SMILES string of the molecule is CC(=O)c1ccc(S(=O)(=O)N2CC(C)Oc3ccccc32)cc1. The molecule has 0 N–H and O–H groups in total. The molecule has 0 radical (unpaired) electrons. The van der Waals surface area contributed by atoms with Crippen LogP contribution in [0.15, 0.2) is 53.4 Å². The van der Waals surface area contributed by atoms with Crippen molar-refractivity contribution in [3.8, 4) is 5.75 Å². The molecule has 1 aliphatic rings. The average molecular weight is 331 g/mol. The Labute approximate surface area is 135 Å². The van der Waals surface area contributed by atoms with Crippen LogP contribution in [0.25, 0.3) is 0 Å². The van der Waals surface area contributed by atoms with Gasteiger partial charge in [-0.1, -0.05) is 24.3 Å². The standard InChI is InChI=1S/C17H17NO4S/c1-12-11-18(16-5-3-4-6-17(16)22-12)23(20,21)15-9-7-14(8-10-15)13(2)19/h3-10,12H,11H2,1-2H3. The maximum absolute atomic E-state index is 13.0. The monoisotopic (exact) mass is 331 g/mol. The van der Waals surface area contributed by atoms with Gasteiger partial charge in [0.2, 0.25) is 0 Å². The molecule has 0 saturated carbocycles. The number of hydrogen-bond acceptors (Lipinski definition) is 4. The molecule has 5 nitrogen and oxygen atoms in total. The van der Waals surface area contributed by atoms with Crippen LogP contribution < -0.4 is 9.04 Å². The second kappa shape index (κ2) is 5.70. The molecule has 23 heavy (non-hydrogen) atoms. The fraction of sp³-hybridized carbons (Fsp3) is 0.235. The molecule has 0 aromatic heterocycles. The maximum atomic E-state index is 13.0. The van der Waals surface area contributed by atoms with E-state index < -0.39 is 10.0 Å². The van der Waals surface area contributed by atoms with Crippen molar-refractivity contribution < 1.29 is 17.9 Å². The van der Waals surface area contributed by atoms with E-state index in [9.17, 15) is 13.2 Å². The summed E-state index contributed by atoms with van der Waals surface area (Å²) >= 11 is 0. The molecule has 0 bridgehead atoms. The Hall–Kier alpha value is -2.34. The number of benzene rings is 2. The van der Waals surface area contributed by atoms with Crippen molar-refractivity contribution in [3.63, 3.8) is 0 Å². The van der Waals surface area contributed by atoms with Crippen LogP contribution in [0.3, 0.4) is 0 Å². The third kappa shape index (κ3) is 2.82. The van der Waals surface area contributed by atoms with Gasteiger partial charge in [-0.3, -0.25) is 9.10 Å². The quantitative estimate of drug-likeness (QED) is 0.811. The zero-order valence-corrected chi connectivity index (χ0v) is 13.7. The number of carbonyl (C=O) groups is 1. The van der Waals surface area contributed by atoms with Crippen molar-refractivity contribution in [1.29, 1.82) is 0 Å². The number of anilines is 1. The Morgan fingerprint density at radius 1 is 1.13 bits per heavy atom. The number of hydrogen-bond donors (Lipinski definition) is 0. The van der Waals surface area contributed by atoms with Crippen LogP contribution in [0.5, 0.6) is 5.75 Å². The number of rotatable bonds is 3. The van der Waals surface area contributed by atoms with E-state index >= 15 is 0 Å². The summed E-state index contributed by atoms with van der Waals surface area (Å²) in [6.45, 7) is 3.52. The average Bonchev–Trinajstić information content (AvgIpc) is 2.54.